The Bertz CT molecular complexity index is 840. The fourth-order valence-corrected chi connectivity index (χ4v) is 3.55. The average Bonchev–Trinajstić information content (AvgIpc) is 2.98. The van der Waals surface area contributed by atoms with Crippen LogP contribution in [0.25, 0.3) is 11.0 Å². The van der Waals surface area contributed by atoms with E-state index in [9.17, 15) is 14.0 Å². The van der Waals surface area contributed by atoms with Crippen molar-refractivity contribution in [1.29, 1.82) is 0 Å². The molecule has 0 spiro atoms. The maximum absolute atomic E-state index is 13.5. The summed E-state index contributed by atoms with van der Waals surface area (Å²) in [5, 5.41) is 3.64. The molecule has 1 aliphatic rings. The molecule has 146 valence electrons. The minimum Gasteiger partial charge on any atom is -0.466 e. The zero-order valence-corrected chi connectivity index (χ0v) is 15.9. The van der Waals surface area contributed by atoms with Gasteiger partial charge in [-0.1, -0.05) is 0 Å². The van der Waals surface area contributed by atoms with Crippen LogP contribution in [0.5, 0.6) is 0 Å². The maximum Gasteiger partial charge on any atom is 0.317 e. The second kappa shape index (κ2) is 7.98. The van der Waals surface area contributed by atoms with Gasteiger partial charge in [0.1, 0.15) is 17.2 Å². The third-order valence-corrected chi connectivity index (χ3v) is 5.07. The van der Waals surface area contributed by atoms with Gasteiger partial charge in [-0.25, -0.2) is 9.18 Å². The molecular formula is C20H25FN2O4. The first-order valence-corrected chi connectivity index (χ1v) is 9.31. The summed E-state index contributed by atoms with van der Waals surface area (Å²) in [5.41, 5.74) is 1.42. The van der Waals surface area contributed by atoms with Gasteiger partial charge in [0.15, 0.2) is 0 Å². The Labute approximate surface area is 157 Å². The van der Waals surface area contributed by atoms with Gasteiger partial charge < -0.3 is 19.4 Å². The van der Waals surface area contributed by atoms with E-state index in [2.05, 4.69) is 5.32 Å². The summed E-state index contributed by atoms with van der Waals surface area (Å²) in [5.74, 6) is -0.0283. The van der Waals surface area contributed by atoms with Gasteiger partial charge in [0.2, 0.25) is 0 Å². The van der Waals surface area contributed by atoms with Gasteiger partial charge in [-0.3, -0.25) is 4.79 Å². The van der Waals surface area contributed by atoms with Gasteiger partial charge in [0.25, 0.3) is 0 Å². The summed E-state index contributed by atoms with van der Waals surface area (Å²) in [6, 6.07) is 3.83. The molecular weight excluding hydrogens is 351 g/mol. The molecule has 3 rings (SSSR count). The van der Waals surface area contributed by atoms with Crippen molar-refractivity contribution in [3.63, 3.8) is 0 Å². The van der Waals surface area contributed by atoms with E-state index in [0.717, 1.165) is 5.56 Å². The van der Waals surface area contributed by atoms with E-state index in [1.807, 2.05) is 13.8 Å². The van der Waals surface area contributed by atoms with Crippen LogP contribution in [0.15, 0.2) is 22.6 Å². The largest absolute Gasteiger partial charge is 0.466 e. The van der Waals surface area contributed by atoms with E-state index in [-0.39, 0.29) is 29.8 Å². The van der Waals surface area contributed by atoms with E-state index >= 15 is 0 Å². The number of halogens is 1. The molecule has 1 fully saturated rings. The molecule has 0 saturated carbocycles. The van der Waals surface area contributed by atoms with Crippen molar-refractivity contribution in [2.24, 2.45) is 5.92 Å². The van der Waals surface area contributed by atoms with Crippen molar-refractivity contribution >= 4 is 23.0 Å². The molecule has 2 amide bonds. The summed E-state index contributed by atoms with van der Waals surface area (Å²) in [4.78, 5) is 26.1. The second-order valence-corrected chi connectivity index (χ2v) is 6.92. The topological polar surface area (TPSA) is 71.8 Å². The first-order chi connectivity index (χ1) is 12.9. The number of piperidine rings is 1. The number of esters is 1. The lowest BCUT2D eigenvalue weighted by Crippen LogP contribution is -2.46. The number of rotatable bonds is 4. The normalized spacial score (nSPS) is 16.4. The lowest BCUT2D eigenvalue weighted by atomic mass is 9.97. The van der Waals surface area contributed by atoms with Crippen LogP contribution >= 0.6 is 0 Å². The molecule has 2 heterocycles. The zero-order valence-electron chi connectivity index (χ0n) is 15.9. The molecule has 1 aliphatic heterocycles. The molecule has 1 saturated heterocycles. The average molecular weight is 376 g/mol. The molecule has 7 heteroatoms. The van der Waals surface area contributed by atoms with Crippen LogP contribution in [-0.2, 0) is 9.53 Å². The highest BCUT2D eigenvalue weighted by Crippen LogP contribution is 2.30. The van der Waals surface area contributed by atoms with Crippen LogP contribution in [0.2, 0.25) is 0 Å². The van der Waals surface area contributed by atoms with Crippen LogP contribution in [-0.4, -0.2) is 36.6 Å². The predicted octanol–water partition coefficient (Wildman–Crippen LogP) is 3.93. The van der Waals surface area contributed by atoms with Gasteiger partial charge in [0, 0.05) is 24.0 Å². The van der Waals surface area contributed by atoms with Crippen LogP contribution in [0, 0.1) is 18.7 Å². The van der Waals surface area contributed by atoms with Crippen LogP contribution < -0.4 is 5.32 Å². The Morgan fingerprint density at radius 3 is 2.74 bits per heavy atom. The van der Waals surface area contributed by atoms with Crippen molar-refractivity contribution in [2.45, 2.75) is 39.7 Å². The highest BCUT2D eigenvalue weighted by Gasteiger charge is 2.29. The van der Waals surface area contributed by atoms with Gasteiger partial charge >= 0.3 is 12.0 Å². The Kier molecular flexibility index (Phi) is 5.68. The summed E-state index contributed by atoms with van der Waals surface area (Å²) in [7, 11) is 0. The van der Waals surface area contributed by atoms with E-state index in [4.69, 9.17) is 9.15 Å². The highest BCUT2D eigenvalue weighted by atomic mass is 19.1. The molecule has 0 radical (unpaired) electrons. The van der Waals surface area contributed by atoms with E-state index in [0.29, 0.717) is 49.3 Å². The summed E-state index contributed by atoms with van der Waals surface area (Å²) in [6.45, 7) is 6.87. The van der Waals surface area contributed by atoms with Crippen molar-refractivity contribution in [2.75, 3.05) is 19.7 Å². The van der Waals surface area contributed by atoms with Gasteiger partial charge in [0.05, 0.1) is 18.6 Å². The number of fused-ring (bicyclic) bond motifs is 1. The second-order valence-electron chi connectivity index (χ2n) is 6.92. The number of benzene rings is 1. The molecule has 0 aliphatic carbocycles. The number of nitrogens with zero attached hydrogens (tertiary/aromatic N) is 1. The zero-order chi connectivity index (χ0) is 19.6. The number of ether oxygens (including phenoxy) is 1. The molecule has 0 bridgehead atoms. The van der Waals surface area contributed by atoms with Crippen molar-refractivity contribution in [3.8, 4) is 0 Å². The first kappa shape index (κ1) is 19.2. The number of furan rings is 1. The predicted molar refractivity (Wildman–Crippen MR) is 98.8 cm³/mol. The Hall–Kier alpha value is -2.57. The molecule has 2 aromatic rings. The maximum atomic E-state index is 13.5. The van der Waals surface area contributed by atoms with Crippen molar-refractivity contribution in [3.05, 3.63) is 35.3 Å². The van der Waals surface area contributed by atoms with Gasteiger partial charge in [-0.15, -0.1) is 0 Å². The van der Waals surface area contributed by atoms with Crippen molar-refractivity contribution in [1.82, 2.24) is 10.2 Å². The number of likely N-dealkylation sites (tertiary alicyclic amines) is 1. The fraction of sp³-hybridized carbons (Fsp3) is 0.500. The third-order valence-electron chi connectivity index (χ3n) is 5.07. The Morgan fingerprint density at radius 2 is 2.07 bits per heavy atom. The number of hydrogen-bond donors (Lipinski definition) is 1. The number of carbonyl (C=O) groups excluding carboxylic acids is 2. The molecule has 1 unspecified atom stereocenters. The molecule has 1 aromatic carbocycles. The van der Waals surface area contributed by atoms with E-state index < -0.39 is 0 Å². The lowest BCUT2D eigenvalue weighted by molar-refractivity contribution is -0.149. The number of amides is 2. The highest BCUT2D eigenvalue weighted by molar-refractivity contribution is 5.82. The number of urea groups is 1. The molecule has 27 heavy (non-hydrogen) atoms. The lowest BCUT2D eigenvalue weighted by Gasteiger charge is -2.31. The number of nitrogens with one attached hydrogen (secondary N) is 1. The Morgan fingerprint density at radius 1 is 1.37 bits per heavy atom. The van der Waals surface area contributed by atoms with E-state index in [1.54, 1.807) is 17.9 Å². The quantitative estimate of drug-likeness (QED) is 0.821. The third kappa shape index (κ3) is 4.07. The summed E-state index contributed by atoms with van der Waals surface area (Å²) < 4.78 is 24.3. The molecule has 1 aromatic heterocycles. The van der Waals surface area contributed by atoms with Gasteiger partial charge in [-0.2, -0.15) is 0 Å². The molecule has 1 N–H and O–H groups in total. The van der Waals surface area contributed by atoms with Crippen LogP contribution in [0.1, 0.15) is 44.1 Å². The SMILES string of the molecule is CCOC(=O)C1CCN(C(=O)NC(C)c2oc3ccc(F)cc3c2C)CC1. The van der Waals surface area contributed by atoms with Crippen LogP contribution in [0.3, 0.4) is 0 Å². The monoisotopic (exact) mass is 376 g/mol. The fourth-order valence-electron chi connectivity index (χ4n) is 3.55. The number of hydrogen-bond acceptors (Lipinski definition) is 4. The first-order valence-electron chi connectivity index (χ1n) is 9.31. The smallest absolute Gasteiger partial charge is 0.317 e. The van der Waals surface area contributed by atoms with Crippen molar-refractivity contribution < 1.29 is 23.1 Å². The molecule has 6 nitrogen and oxygen atoms in total. The van der Waals surface area contributed by atoms with Gasteiger partial charge in [-0.05, 0) is 51.8 Å². The molecule has 1 atom stereocenters. The minimum absolute atomic E-state index is 0.140. The number of carbonyl (C=O) groups is 2. The summed E-state index contributed by atoms with van der Waals surface area (Å²) in [6.07, 6.45) is 1.20. The minimum atomic E-state index is -0.351. The standard InChI is InChI=1S/C20H25FN2O4/c1-4-26-19(24)14-7-9-23(10-8-14)20(25)22-13(3)18-12(2)16-11-15(21)5-6-17(16)27-18/h5-6,11,13-14H,4,7-10H2,1-3H3,(H,22,25). The summed E-state index contributed by atoms with van der Waals surface area (Å²) >= 11 is 0. The van der Waals surface area contributed by atoms with Crippen LogP contribution in [0.4, 0.5) is 9.18 Å². The number of aryl methyl sites for hydroxylation is 1. The van der Waals surface area contributed by atoms with E-state index in [1.165, 1.54) is 12.1 Å². The Balaban J connectivity index is 1.62.